The summed E-state index contributed by atoms with van der Waals surface area (Å²) in [6.07, 6.45) is -8.35. The molecule has 1 rings (SSSR count). The van der Waals surface area contributed by atoms with Gasteiger partial charge in [0.25, 0.3) is 5.60 Å². The highest BCUT2D eigenvalue weighted by atomic mass is 19.4. The van der Waals surface area contributed by atoms with Crippen LogP contribution in [0.15, 0.2) is 0 Å². The molecule has 1 nitrogen and oxygen atoms in total. The van der Waals surface area contributed by atoms with Gasteiger partial charge in [0.15, 0.2) is 0 Å². The van der Waals surface area contributed by atoms with Crippen molar-refractivity contribution < 1.29 is 31.1 Å². The van der Waals surface area contributed by atoms with Crippen LogP contribution in [-0.2, 0) is 4.74 Å². The van der Waals surface area contributed by atoms with E-state index in [1.807, 2.05) is 0 Å². The molecule has 0 aromatic rings. The van der Waals surface area contributed by atoms with E-state index in [4.69, 9.17) is 4.74 Å². The minimum absolute atomic E-state index is 0.264. The van der Waals surface area contributed by atoms with Crippen LogP contribution in [0.5, 0.6) is 0 Å². The molecule has 0 N–H and O–H groups in total. The number of halogens is 6. The van der Waals surface area contributed by atoms with Crippen LogP contribution in [-0.4, -0.2) is 24.1 Å². The van der Waals surface area contributed by atoms with Gasteiger partial charge in [-0.1, -0.05) is 40.0 Å². The molecule has 0 aromatic carbocycles. The van der Waals surface area contributed by atoms with E-state index in [1.54, 1.807) is 0 Å². The highest BCUT2D eigenvalue weighted by molar-refractivity contribution is 5.05. The fourth-order valence-electron chi connectivity index (χ4n) is 3.30. The van der Waals surface area contributed by atoms with Crippen LogP contribution in [0.4, 0.5) is 26.3 Å². The molecule has 1 fully saturated rings. The van der Waals surface area contributed by atoms with Gasteiger partial charge in [-0.25, -0.2) is 0 Å². The first-order chi connectivity index (χ1) is 9.74. The molecule has 0 aliphatic heterocycles. The Hall–Kier alpha value is -0.460. The van der Waals surface area contributed by atoms with Crippen LogP contribution < -0.4 is 0 Å². The second-order valence-electron chi connectivity index (χ2n) is 7.15. The number of ether oxygens (including phenoxy) is 1. The predicted octanol–water partition coefficient (Wildman–Crippen LogP) is 5.88. The standard InChI is InChI=1S/C15H24F6O/c1-10(11-8-6-5-7-9-11)22-13(12(2,3)4,14(16,17)18)15(19,20)21/h10-11H,5-9H2,1-4H3. The van der Waals surface area contributed by atoms with Crippen LogP contribution in [0, 0.1) is 11.3 Å². The normalized spacial score (nSPS) is 21.0. The SMILES string of the molecule is CC(OC(C(C)(C)C)(C(F)(F)F)C(F)(F)F)C1CCCCC1. The minimum atomic E-state index is -5.54. The fraction of sp³-hybridized carbons (Fsp3) is 1.00. The number of hydrogen-bond donors (Lipinski definition) is 0. The average Bonchev–Trinajstić information content (AvgIpc) is 2.32. The van der Waals surface area contributed by atoms with Crippen molar-refractivity contribution in [2.45, 2.75) is 83.9 Å². The van der Waals surface area contributed by atoms with Crippen LogP contribution in [0.2, 0.25) is 0 Å². The van der Waals surface area contributed by atoms with Crippen molar-refractivity contribution in [1.82, 2.24) is 0 Å². The molecule has 0 bridgehead atoms. The molecule has 22 heavy (non-hydrogen) atoms. The highest BCUT2D eigenvalue weighted by Gasteiger charge is 2.77. The Morgan fingerprint density at radius 2 is 1.23 bits per heavy atom. The molecule has 1 aliphatic rings. The molecule has 0 radical (unpaired) electrons. The first-order valence-corrected chi connectivity index (χ1v) is 7.55. The van der Waals surface area contributed by atoms with Crippen molar-refractivity contribution in [1.29, 1.82) is 0 Å². The zero-order chi connectivity index (χ0) is 17.4. The van der Waals surface area contributed by atoms with Crippen LogP contribution >= 0.6 is 0 Å². The molecular formula is C15H24F6O. The van der Waals surface area contributed by atoms with Gasteiger partial charge >= 0.3 is 12.4 Å². The van der Waals surface area contributed by atoms with E-state index >= 15 is 0 Å². The number of hydrogen-bond acceptors (Lipinski definition) is 1. The molecular weight excluding hydrogens is 310 g/mol. The summed E-state index contributed by atoms with van der Waals surface area (Å²) in [6.45, 7) is 4.08. The van der Waals surface area contributed by atoms with Gasteiger partial charge in [-0.2, -0.15) is 26.3 Å². The van der Waals surface area contributed by atoms with Crippen molar-refractivity contribution in [2.75, 3.05) is 0 Å². The maximum atomic E-state index is 13.4. The van der Waals surface area contributed by atoms with E-state index in [2.05, 4.69) is 0 Å². The third kappa shape index (κ3) is 3.54. The van der Waals surface area contributed by atoms with Gasteiger partial charge in [0.05, 0.1) is 6.10 Å². The third-order valence-electron chi connectivity index (χ3n) is 4.53. The summed E-state index contributed by atoms with van der Waals surface area (Å²) in [5.74, 6) is -0.264. The van der Waals surface area contributed by atoms with E-state index in [0.717, 1.165) is 40.0 Å². The Morgan fingerprint density at radius 1 is 0.818 bits per heavy atom. The van der Waals surface area contributed by atoms with Gasteiger partial charge in [-0.05, 0) is 25.7 Å². The van der Waals surface area contributed by atoms with Crippen molar-refractivity contribution in [3.63, 3.8) is 0 Å². The zero-order valence-electron chi connectivity index (χ0n) is 13.4. The largest absolute Gasteiger partial charge is 0.427 e. The lowest BCUT2D eigenvalue weighted by Crippen LogP contribution is -2.67. The van der Waals surface area contributed by atoms with Crippen LogP contribution in [0.3, 0.4) is 0 Å². The Labute approximate surface area is 127 Å². The summed E-state index contributed by atoms with van der Waals surface area (Å²) < 4.78 is 85.5. The fourth-order valence-corrected chi connectivity index (χ4v) is 3.30. The van der Waals surface area contributed by atoms with Crippen molar-refractivity contribution in [3.8, 4) is 0 Å². The first kappa shape index (κ1) is 19.6. The predicted molar refractivity (Wildman–Crippen MR) is 71.4 cm³/mol. The quantitative estimate of drug-likeness (QED) is 0.586. The molecule has 0 heterocycles. The van der Waals surface area contributed by atoms with E-state index in [0.29, 0.717) is 12.8 Å². The maximum Gasteiger partial charge on any atom is 0.427 e. The Bertz CT molecular complexity index is 324. The smallest absolute Gasteiger partial charge is 0.354 e. The summed E-state index contributed by atoms with van der Waals surface area (Å²) in [5.41, 5.74) is -6.32. The Morgan fingerprint density at radius 3 is 1.55 bits per heavy atom. The first-order valence-electron chi connectivity index (χ1n) is 7.55. The molecule has 7 heteroatoms. The lowest BCUT2D eigenvalue weighted by Gasteiger charge is -2.48. The third-order valence-corrected chi connectivity index (χ3v) is 4.53. The molecule has 132 valence electrons. The molecule has 0 saturated heterocycles. The van der Waals surface area contributed by atoms with Gasteiger partial charge in [-0.3, -0.25) is 0 Å². The van der Waals surface area contributed by atoms with E-state index < -0.39 is 29.5 Å². The number of alkyl halides is 6. The van der Waals surface area contributed by atoms with Gasteiger partial charge in [-0.15, -0.1) is 0 Å². The Balaban J connectivity index is 3.20. The van der Waals surface area contributed by atoms with Crippen LogP contribution in [0.25, 0.3) is 0 Å². The monoisotopic (exact) mass is 334 g/mol. The lowest BCUT2D eigenvalue weighted by atomic mass is 9.74. The average molecular weight is 334 g/mol. The molecule has 1 saturated carbocycles. The molecule has 1 unspecified atom stereocenters. The summed E-state index contributed by atoms with van der Waals surface area (Å²) in [5, 5.41) is 0. The minimum Gasteiger partial charge on any atom is -0.354 e. The lowest BCUT2D eigenvalue weighted by molar-refractivity contribution is -0.420. The summed E-state index contributed by atoms with van der Waals surface area (Å²) in [7, 11) is 0. The maximum absolute atomic E-state index is 13.4. The van der Waals surface area contributed by atoms with E-state index in [9.17, 15) is 26.3 Å². The van der Waals surface area contributed by atoms with Gasteiger partial charge < -0.3 is 4.74 Å². The van der Waals surface area contributed by atoms with Gasteiger partial charge in [0, 0.05) is 5.41 Å². The van der Waals surface area contributed by atoms with Crippen LogP contribution in [0.1, 0.15) is 59.8 Å². The Kier molecular flexibility index (Phi) is 5.53. The highest BCUT2D eigenvalue weighted by Crippen LogP contribution is 2.56. The topological polar surface area (TPSA) is 9.23 Å². The van der Waals surface area contributed by atoms with Crippen molar-refractivity contribution in [2.24, 2.45) is 11.3 Å². The zero-order valence-corrected chi connectivity index (χ0v) is 13.4. The molecule has 0 amide bonds. The van der Waals surface area contributed by atoms with Crippen molar-refractivity contribution >= 4 is 0 Å². The summed E-state index contributed by atoms with van der Waals surface area (Å²) >= 11 is 0. The molecule has 0 aromatic heterocycles. The van der Waals surface area contributed by atoms with E-state index in [-0.39, 0.29) is 5.92 Å². The van der Waals surface area contributed by atoms with Gasteiger partial charge in [0.1, 0.15) is 0 Å². The van der Waals surface area contributed by atoms with E-state index in [1.165, 1.54) is 6.92 Å². The van der Waals surface area contributed by atoms with Gasteiger partial charge in [0.2, 0.25) is 0 Å². The van der Waals surface area contributed by atoms with Crippen molar-refractivity contribution in [3.05, 3.63) is 0 Å². The molecule has 1 aliphatic carbocycles. The number of rotatable bonds is 3. The molecule has 1 atom stereocenters. The summed E-state index contributed by atoms with van der Waals surface area (Å²) in [6, 6.07) is 0. The second kappa shape index (κ2) is 6.21. The molecule has 0 spiro atoms. The summed E-state index contributed by atoms with van der Waals surface area (Å²) in [4.78, 5) is 0. The second-order valence-corrected chi connectivity index (χ2v) is 7.15.